The van der Waals surface area contributed by atoms with Gasteiger partial charge in [-0.1, -0.05) is 0 Å². The minimum absolute atomic E-state index is 0.310. The van der Waals surface area contributed by atoms with E-state index in [9.17, 15) is 14.8 Å². The van der Waals surface area contributed by atoms with Crippen LogP contribution in [0.4, 0.5) is 15.0 Å². The van der Waals surface area contributed by atoms with E-state index < -0.39 is 18.4 Å². The number of hydrogen-bond donors (Lipinski definition) is 2. The summed E-state index contributed by atoms with van der Waals surface area (Å²) in [6.07, 6.45) is 1.81. The summed E-state index contributed by atoms with van der Waals surface area (Å²) in [5.74, 6) is 0.695. The van der Waals surface area contributed by atoms with Crippen molar-refractivity contribution >= 4 is 24.5 Å². The number of amides is 1. The second-order valence-corrected chi connectivity index (χ2v) is 9.20. The number of carbonyl (C=O) groups excluding carboxylic acids is 1. The van der Waals surface area contributed by atoms with Crippen LogP contribution in [0.15, 0.2) is 18.3 Å². The number of rotatable bonds is 4. The first-order valence-corrected chi connectivity index (χ1v) is 10.5. The highest BCUT2D eigenvalue weighted by atomic mass is 19.1. The lowest BCUT2D eigenvalue weighted by atomic mass is 9.81. The second-order valence-electron chi connectivity index (χ2n) is 9.20. The molecule has 0 aliphatic carbocycles. The standard InChI is InChI=1S/C20H32BFN4O4/c1-19(2,3)30-18(27)26-8-5-20(22,6-9-26)15-24-10-12-25(13-11-24)17-14-16(21(28)29)4-7-23-17/h4,7,14,28-29H,5-6,8-13,15H2,1-3H3. The monoisotopic (exact) mass is 422 g/mol. The Morgan fingerprint density at radius 2 is 1.83 bits per heavy atom. The molecule has 2 aliphatic rings. The molecule has 0 unspecified atom stereocenters. The number of likely N-dealkylation sites (tertiary alicyclic amines) is 1. The van der Waals surface area contributed by atoms with Crippen LogP contribution in [0, 0.1) is 0 Å². The normalized spacial score (nSPS) is 20.2. The van der Waals surface area contributed by atoms with E-state index in [-0.39, 0.29) is 6.09 Å². The van der Waals surface area contributed by atoms with Gasteiger partial charge in [-0.05, 0) is 38.4 Å². The van der Waals surface area contributed by atoms with Crippen LogP contribution in [0.1, 0.15) is 33.6 Å². The van der Waals surface area contributed by atoms with Crippen LogP contribution in [0.25, 0.3) is 0 Å². The van der Waals surface area contributed by atoms with E-state index in [1.54, 1.807) is 23.2 Å². The summed E-state index contributed by atoms with van der Waals surface area (Å²) in [5, 5.41) is 18.7. The zero-order valence-electron chi connectivity index (χ0n) is 18.1. The van der Waals surface area contributed by atoms with Crippen LogP contribution in [0.3, 0.4) is 0 Å². The van der Waals surface area contributed by atoms with Gasteiger partial charge >= 0.3 is 13.2 Å². The van der Waals surface area contributed by atoms with Crippen molar-refractivity contribution < 1.29 is 24.0 Å². The Hall–Kier alpha value is -1.91. The van der Waals surface area contributed by atoms with Crippen molar-refractivity contribution in [3.63, 3.8) is 0 Å². The number of halogens is 1. The number of pyridine rings is 1. The molecule has 8 nitrogen and oxygen atoms in total. The first kappa shape index (κ1) is 22.8. The third-order valence-electron chi connectivity index (χ3n) is 5.58. The average molecular weight is 422 g/mol. The molecule has 2 N–H and O–H groups in total. The minimum Gasteiger partial charge on any atom is -0.444 e. The van der Waals surface area contributed by atoms with Crippen LogP contribution in [-0.4, -0.2) is 95.1 Å². The van der Waals surface area contributed by atoms with Crippen molar-refractivity contribution in [3.05, 3.63) is 18.3 Å². The first-order chi connectivity index (χ1) is 14.0. The minimum atomic E-state index is -1.52. The van der Waals surface area contributed by atoms with E-state index in [0.717, 1.165) is 0 Å². The molecular weight excluding hydrogens is 390 g/mol. The zero-order chi connectivity index (χ0) is 21.9. The quantitative estimate of drug-likeness (QED) is 0.688. The van der Waals surface area contributed by atoms with Crippen molar-refractivity contribution in [2.24, 2.45) is 0 Å². The predicted molar refractivity (Wildman–Crippen MR) is 114 cm³/mol. The van der Waals surface area contributed by atoms with E-state index in [0.29, 0.717) is 69.9 Å². The molecule has 0 radical (unpaired) electrons. The smallest absolute Gasteiger partial charge is 0.444 e. The Bertz CT molecular complexity index is 730. The highest BCUT2D eigenvalue weighted by Crippen LogP contribution is 2.29. The molecule has 0 aromatic carbocycles. The Balaban J connectivity index is 1.47. The SMILES string of the molecule is CC(C)(C)OC(=O)N1CCC(F)(CN2CCN(c3cc(B(O)O)ccn3)CC2)CC1. The Morgan fingerprint density at radius 1 is 1.20 bits per heavy atom. The molecular formula is C20H32BFN4O4. The lowest BCUT2D eigenvalue weighted by molar-refractivity contribution is -0.00638. The molecule has 0 bridgehead atoms. The fraction of sp³-hybridized carbons (Fsp3) is 0.700. The van der Waals surface area contributed by atoms with Gasteiger partial charge in [0.05, 0.1) is 0 Å². The van der Waals surface area contributed by atoms with Gasteiger partial charge in [0, 0.05) is 64.9 Å². The molecule has 0 spiro atoms. The molecule has 1 aromatic heterocycles. The van der Waals surface area contributed by atoms with Crippen LogP contribution < -0.4 is 10.4 Å². The Kier molecular flexibility index (Phi) is 6.89. The van der Waals surface area contributed by atoms with E-state index >= 15 is 4.39 Å². The molecule has 3 rings (SSSR count). The van der Waals surface area contributed by atoms with Gasteiger partial charge in [-0.3, -0.25) is 4.90 Å². The van der Waals surface area contributed by atoms with Crippen LogP contribution in [-0.2, 0) is 4.74 Å². The number of hydrogen-bond acceptors (Lipinski definition) is 7. The van der Waals surface area contributed by atoms with Gasteiger partial charge in [0.2, 0.25) is 0 Å². The van der Waals surface area contributed by atoms with E-state index in [4.69, 9.17) is 4.74 Å². The number of carbonyl (C=O) groups is 1. The largest absolute Gasteiger partial charge is 0.488 e. The molecule has 1 aromatic rings. The fourth-order valence-electron chi connectivity index (χ4n) is 3.88. The van der Waals surface area contributed by atoms with Crippen LogP contribution >= 0.6 is 0 Å². The predicted octanol–water partition coefficient (Wildman–Crippen LogP) is 0.623. The summed E-state index contributed by atoms with van der Waals surface area (Å²) < 4.78 is 20.8. The van der Waals surface area contributed by atoms with E-state index in [1.807, 2.05) is 20.8 Å². The number of aromatic nitrogens is 1. The van der Waals surface area contributed by atoms with Gasteiger partial charge in [-0.15, -0.1) is 0 Å². The Morgan fingerprint density at radius 3 is 2.40 bits per heavy atom. The number of ether oxygens (including phenoxy) is 1. The topological polar surface area (TPSA) is 89.4 Å². The van der Waals surface area contributed by atoms with Crippen molar-refractivity contribution in [2.45, 2.75) is 44.9 Å². The second kappa shape index (κ2) is 9.07. The number of anilines is 1. The molecule has 30 heavy (non-hydrogen) atoms. The summed E-state index contributed by atoms with van der Waals surface area (Å²) in [7, 11) is -1.52. The molecule has 2 aliphatic heterocycles. The molecule has 1 amide bonds. The average Bonchev–Trinajstić information content (AvgIpc) is 2.67. The molecule has 0 saturated carbocycles. The van der Waals surface area contributed by atoms with Gasteiger partial charge in [0.25, 0.3) is 0 Å². The maximum absolute atomic E-state index is 15.4. The zero-order valence-corrected chi connectivity index (χ0v) is 18.1. The van der Waals surface area contributed by atoms with Crippen molar-refractivity contribution in [1.82, 2.24) is 14.8 Å². The number of nitrogens with zero attached hydrogens (tertiary/aromatic N) is 4. The highest BCUT2D eigenvalue weighted by Gasteiger charge is 2.39. The van der Waals surface area contributed by atoms with Gasteiger partial charge in [-0.2, -0.15) is 0 Å². The van der Waals surface area contributed by atoms with E-state index in [2.05, 4.69) is 14.8 Å². The van der Waals surface area contributed by atoms with Gasteiger partial charge in [0.1, 0.15) is 17.1 Å². The van der Waals surface area contributed by atoms with Crippen molar-refractivity contribution in [3.8, 4) is 0 Å². The fourth-order valence-corrected chi connectivity index (χ4v) is 3.88. The highest BCUT2D eigenvalue weighted by molar-refractivity contribution is 6.58. The van der Waals surface area contributed by atoms with Gasteiger partial charge in [-0.25, -0.2) is 14.2 Å². The number of piperazine rings is 1. The van der Waals surface area contributed by atoms with Crippen molar-refractivity contribution in [2.75, 3.05) is 50.7 Å². The first-order valence-electron chi connectivity index (χ1n) is 10.5. The molecule has 0 atom stereocenters. The molecule has 166 valence electrons. The summed E-state index contributed by atoms with van der Waals surface area (Å²) in [6, 6.07) is 3.24. The van der Waals surface area contributed by atoms with Gasteiger partial charge in [0.15, 0.2) is 0 Å². The summed E-state index contributed by atoms with van der Waals surface area (Å²) in [5.41, 5.74) is -1.45. The summed E-state index contributed by atoms with van der Waals surface area (Å²) in [4.78, 5) is 22.3. The Labute approximate surface area is 177 Å². The third kappa shape index (κ3) is 6.06. The molecule has 2 fully saturated rings. The molecule has 2 saturated heterocycles. The maximum atomic E-state index is 15.4. The maximum Gasteiger partial charge on any atom is 0.488 e. The summed E-state index contributed by atoms with van der Waals surface area (Å²) in [6.45, 7) is 9.35. The van der Waals surface area contributed by atoms with Crippen LogP contribution in [0.5, 0.6) is 0 Å². The third-order valence-corrected chi connectivity index (χ3v) is 5.58. The number of piperidine rings is 1. The van der Waals surface area contributed by atoms with Crippen molar-refractivity contribution in [1.29, 1.82) is 0 Å². The molecule has 10 heteroatoms. The lowest BCUT2D eigenvalue weighted by Crippen LogP contribution is -2.54. The lowest BCUT2D eigenvalue weighted by Gasteiger charge is -2.42. The number of alkyl halides is 1. The van der Waals surface area contributed by atoms with E-state index in [1.165, 1.54) is 0 Å². The summed E-state index contributed by atoms with van der Waals surface area (Å²) >= 11 is 0. The van der Waals surface area contributed by atoms with Gasteiger partial charge < -0.3 is 24.6 Å². The van der Waals surface area contributed by atoms with Crippen LogP contribution in [0.2, 0.25) is 0 Å². The molecule has 3 heterocycles.